The molecule has 0 aliphatic heterocycles. The normalized spacial score (nSPS) is 24.6. The van der Waals surface area contributed by atoms with E-state index in [1.807, 2.05) is 0 Å². The van der Waals surface area contributed by atoms with Crippen LogP contribution in [0.15, 0.2) is 54.6 Å². The lowest BCUT2D eigenvalue weighted by Gasteiger charge is -2.46. The second-order valence-electron chi connectivity index (χ2n) is 7.24. The SMILES string of the molecule is C[C@@]1(C=O)c2ccccc2CC[C@@H]1[Si](C)(C)c1ccccc1. The highest BCUT2D eigenvalue weighted by molar-refractivity contribution is 6.91. The number of aryl methyl sites for hydroxylation is 1. The minimum atomic E-state index is -1.73. The molecule has 0 N–H and O–H groups in total. The molecule has 0 saturated carbocycles. The lowest BCUT2D eigenvalue weighted by Crippen LogP contribution is -2.54. The van der Waals surface area contributed by atoms with Crippen LogP contribution >= 0.6 is 0 Å². The maximum absolute atomic E-state index is 12.2. The minimum Gasteiger partial charge on any atom is -0.302 e. The summed E-state index contributed by atoms with van der Waals surface area (Å²) < 4.78 is 0. The Balaban J connectivity index is 2.10. The Kier molecular flexibility index (Phi) is 3.81. The Bertz CT molecular complexity index is 677. The van der Waals surface area contributed by atoms with Crippen LogP contribution in [0.5, 0.6) is 0 Å². The number of hydrogen-bond donors (Lipinski definition) is 0. The van der Waals surface area contributed by atoms with E-state index < -0.39 is 8.07 Å². The lowest BCUT2D eigenvalue weighted by atomic mass is 9.72. The Labute approximate surface area is 134 Å². The van der Waals surface area contributed by atoms with E-state index in [0.717, 1.165) is 12.8 Å². The molecular weight excluding hydrogens is 284 g/mol. The average Bonchev–Trinajstić information content (AvgIpc) is 2.56. The van der Waals surface area contributed by atoms with Crippen molar-refractivity contribution in [3.8, 4) is 0 Å². The second kappa shape index (κ2) is 5.51. The maximum atomic E-state index is 12.2. The second-order valence-corrected chi connectivity index (χ2v) is 12.0. The largest absolute Gasteiger partial charge is 0.302 e. The molecule has 1 aliphatic rings. The van der Waals surface area contributed by atoms with Crippen molar-refractivity contribution in [1.82, 2.24) is 0 Å². The highest BCUT2D eigenvalue weighted by atomic mass is 28.3. The summed E-state index contributed by atoms with van der Waals surface area (Å²) in [5.41, 5.74) is 2.68. The first kappa shape index (κ1) is 15.2. The highest BCUT2D eigenvalue weighted by Gasteiger charge is 2.49. The van der Waals surface area contributed by atoms with Gasteiger partial charge < -0.3 is 4.79 Å². The number of carbonyl (C=O) groups excluding carboxylic acids is 1. The zero-order valence-electron chi connectivity index (χ0n) is 13.7. The summed E-state index contributed by atoms with van der Waals surface area (Å²) in [6, 6.07) is 19.3. The number of benzene rings is 2. The topological polar surface area (TPSA) is 17.1 Å². The van der Waals surface area contributed by atoms with Crippen LogP contribution in [0.1, 0.15) is 24.5 Å². The van der Waals surface area contributed by atoms with Crippen molar-refractivity contribution in [3.05, 3.63) is 65.7 Å². The number of carbonyl (C=O) groups is 1. The van der Waals surface area contributed by atoms with E-state index in [4.69, 9.17) is 0 Å². The third-order valence-electron chi connectivity index (χ3n) is 5.66. The first-order valence-corrected chi connectivity index (χ1v) is 11.2. The van der Waals surface area contributed by atoms with E-state index in [-0.39, 0.29) is 5.41 Å². The van der Waals surface area contributed by atoms with Gasteiger partial charge in [-0.25, -0.2) is 0 Å². The lowest BCUT2D eigenvalue weighted by molar-refractivity contribution is -0.112. The Morgan fingerprint density at radius 1 is 1.05 bits per heavy atom. The molecule has 3 rings (SSSR count). The summed E-state index contributed by atoms with van der Waals surface area (Å²) in [6.45, 7) is 6.99. The van der Waals surface area contributed by atoms with Gasteiger partial charge in [-0.05, 0) is 36.4 Å². The van der Waals surface area contributed by atoms with Gasteiger partial charge >= 0.3 is 0 Å². The summed E-state index contributed by atoms with van der Waals surface area (Å²) in [4.78, 5) is 12.2. The Morgan fingerprint density at radius 2 is 1.68 bits per heavy atom. The Morgan fingerprint density at radius 3 is 2.36 bits per heavy atom. The first-order valence-electron chi connectivity index (χ1n) is 8.10. The zero-order valence-corrected chi connectivity index (χ0v) is 14.7. The molecule has 114 valence electrons. The predicted octanol–water partition coefficient (Wildman–Crippen LogP) is 4.08. The van der Waals surface area contributed by atoms with Crippen molar-refractivity contribution in [2.75, 3.05) is 0 Å². The summed E-state index contributed by atoms with van der Waals surface area (Å²) in [5.74, 6) is 0. The van der Waals surface area contributed by atoms with Gasteiger partial charge in [0.2, 0.25) is 0 Å². The molecule has 0 saturated heterocycles. The van der Waals surface area contributed by atoms with Gasteiger partial charge in [-0.2, -0.15) is 0 Å². The van der Waals surface area contributed by atoms with Gasteiger partial charge in [0.1, 0.15) is 6.29 Å². The number of hydrogen-bond acceptors (Lipinski definition) is 1. The van der Waals surface area contributed by atoms with Crippen LogP contribution in [-0.4, -0.2) is 14.4 Å². The van der Waals surface area contributed by atoms with Gasteiger partial charge in [-0.1, -0.05) is 72.9 Å². The molecule has 22 heavy (non-hydrogen) atoms. The molecule has 1 aliphatic carbocycles. The number of fused-ring (bicyclic) bond motifs is 1. The fraction of sp³-hybridized carbons (Fsp3) is 0.350. The summed E-state index contributed by atoms with van der Waals surface area (Å²) >= 11 is 0. The fourth-order valence-electron chi connectivity index (χ4n) is 4.38. The van der Waals surface area contributed by atoms with Gasteiger partial charge in [0, 0.05) is 5.41 Å². The summed E-state index contributed by atoms with van der Waals surface area (Å²) in [6.07, 6.45) is 3.42. The van der Waals surface area contributed by atoms with Crippen LogP contribution in [0.3, 0.4) is 0 Å². The van der Waals surface area contributed by atoms with E-state index in [0.29, 0.717) is 5.54 Å². The van der Waals surface area contributed by atoms with Crippen LogP contribution < -0.4 is 5.19 Å². The standard InChI is InChI=1S/C20H24OSi/c1-20(15-21)18-12-8-7-9-16(18)13-14-19(20)22(2,3)17-10-5-4-6-11-17/h4-12,15,19H,13-14H2,1-3H3/t19-,20+/m0/s1. The van der Waals surface area contributed by atoms with Crippen molar-refractivity contribution in [2.45, 2.75) is 43.8 Å². The van der Waals surface area contributed by atoms with Gasteiger partial charge in [0.15, 0.2) is 0 Å². The quantitative estimate of drug-likeness (QED) is 0.617. The van der Waals surface area contributed by atoms with Crippen LogP contribution in [0.4, 0.5) is 0 Å². The van der Waals surface area contributed by atoms with E-state index >= 15 is 0 Å². The first-order chi connectivity index (χ1) is 10.5. The van der Waals surface area contributed by atoms with E-state index in [1.54, 1.807) is 0 Å². The fourth-order valence-corrected chi connectivity index (χ4v) is 8.42. The molecule has 0 aromatic heterocycles. The molecule has 2 atom stereocenters. The third kappa shape index (κ3) is 2.26. The van der Waals surface area contributed by atoms with Crippen LogP contribution in [0, 0.1) is 0 Å². The van der Waals surface area contributed by atoms with Crippen molar-refractivity contribution < 1.29 is 4.79 Å². The average molecular weight is 308 g/mol. The molecule has 0 heterocycles. The van der Waals surface area contributed by atoms with Gasteiger partial charge in [0.05, 0.1) is 8.07 Å². The minimum absolute atomic E-state index is 0.361. The van der Waals surface area contributed by atoms with Gasteiger partial charge in [-0.15, -0.1) is 0 Å². The van der Waals surface area contributed by atoms with Gasteiger partial charge in [-0.3, -0.25) is 0 Å². The summed E-state index contributed by atoms with van der Waals surface area (Å²) in [7, 11) is -1.73. The zero-order chi connectivity index (χ0) is 15.8. The predicted molar refractivity (Wildman–Crippen MR) is 95.5 cm³/mol. The maximum Gasteiger partial charge on any atom is 0.130 e. The highest BCUT2D eigenvalue weighted by Crippen LogP contribution is 2.48. The molecule has 0 fully saturated rings. The van der Waals surface area contributed by atoms with E-state index in [9.17, 15) is 4.79 Å². The smallest absolute Gasteiger partial charge is 0.130 e. The van der Waals surface area contributed by atoms with Crippen LogP contribution in [0.25, 0.3) is 0 Å². The molecule has 1 nitrogen and oxygen atoms in total. The Hall–Kier alpha value is -1.67. The molecule has 0 unspecified atom stereocenters. The molecule has 2 heteroatoms. The van der Waals surface area contributed by atoms with E-state index in [1.165, 1.54) is 22.6 Å². The van der Waals surface area contributed by atoms with Crippen molar-refractivity contribution in [2.24, 2.45) is 0 Å². The number of rotatable bonds is 3. The third-order valence-corrected chi connectivity index (χ3v) is 10.1. The molecule has 0 radical (unpaired) electrons. The number of aldehydes is 1. The van der Waals surface area contributed by atoms with Crippen LogP contribution in [0.2, 0.25) is 18.6 Å². The monoisotopic (exact) mass is 308 g/mol. The van der Waals surface area contributed by atoms with Crippen molar-refractivity contribution in [1.29, 1.82) is 0 Å². The molecule has 0 spiro atoms. The van der Waals surface area contributed by atoms with E-state index in [2.05, 4.69) is 74.6 Å². The van der Waals surface area contributed by atoms with Gasteiger partial charge in [0.25, 0.3) is 0 Å². The molecule has 2 aromatic rings. The molecule has 0 bridgehead atoms. The molecular formula is C20H24OSi. The van der Waals surface area contributed by atoms with Crippen LogP contribution in [-0.2, 0) is 16.6 Å². The van der Waals surface area contributed by atoms with Crippen molar-refractivity contribution >= 4 is 19.5 Å². The van der Waals surface area contributed by atoms with Crippen molar-refractivity contribution in [3.63, 3.8) is 0 Å². The molecule has 0 amide bonds. The molecule has 2 aromatic carbocycles. The summed E-state index contributed by atoms with van der Waals surface area (Å²) in [5, 5.41) is 1.45.